The normalized spacial score (nSPS) is 14.9. The fraction of sp³-hybridized carbons (Fsp3) is 0.294. The van der Waals surface area contributed by atoms with E-state index in [1.807, 2.05) is 31.2 Å². The van der Waals surface area contributed by atoms with Gasteiger partial charge in [0, 0.05) is 29.9 Å². The topological polar surface area (TPSA) is 117 Å². The predicted octanol–water partition coefficient (Wildman–Crippen LogP) is 2.97. The van der Waals surface area contributed by atoms with E-state index in [9.17, 15) is 0 Å². The Labute approximate surface area is 145 Å². The third kappa shape index (κ3) is 3.68. The van der Waals surface area contributed by atoms with E-state index in [1.54, 1.807) is 12.3 Å². The number of aromatic nitrogens is 5. The van der Waals surface area contributed by atoms with E-state index in [4.69, 9.17) is 5.73 Å². The van der Waals surface area contributed by atoms with Gasteiger partial charge in [-0.1, -0.05) is 6.07 Å². The Balaban J connectivity index is 1.49. The highest BCUT2D eigenvalue weighted by atomic mass is 15.2. The highest BCUT2D eigenvalue weighted by Gasteiger charge is 2.25. The number of nitrogens with zero attached hydrogens (tertiary/aromatic N) is 4. The Morgan fingerprint density at radius 1 is 1.16 bits per heavy atom. The number of anilines is 4. The highest BCUT2D eigenvalue weighted by molar-refractivity contribution is 5.58. The summed E-state index contributed by atoms with van der Waals surface area (Å²) in [4.78, 5) is 12.8. The van der Waals surface area contributed by atoms with Crippen molar-refractivity contribution in [3.05, 3.63) is 47.9 Å². The summed E-state index contributed by atoms with van der Waals surface area (Å²) in [7, 11) is 0. The number of nitrogen functional groups attached to an aromatic ring is 1. The van der Waals surface area contributed by atoms with Crippen LogP contribution in [-0.4, -0.2) is 25.1 Å². The fourth-order valence-electron chi connectivity index (χ4n) is 2.67. The maximum Gasteiger partial charge on any atom is 0.223 e. The zero-order chi connectivity index (χ0) is 17.2. The molecule has 1 unspecified atom stereocenters. The first-order valence-corrected chi connectivity index (χ1v) is 8.32. The number of hydrogen-bond acceptors (Lipinski definition) is 7. The van der Waals surface area contributed by atoms with Crippen molar-refractivity contribution < 1.29 is 0 Å². The Morgan fingerprint density at radius 3 is 2.76 bits per heavy atom. The van der Waals surface area contributed by atoms with Crippen LogP contribution < -0.4 is 16.4 Å². The molecule has 0 amide bonds. The van der Waals surface area contributed by atoms with Crippen molar-refractivity contribution in [2.75, 3.05) is 16.4 Å². The minimum Gasteiger partial charge on any atom is -0.368 e. The van der Waals surface area contributed by atoms with Gasteiger partial charge in [0.15, 0.2) is 5.82 Å². The first-order valence-electron chi connectivity index (χ1n) is 8.32. The molecule has 1 aliphatic carbocycles. The van der Waals surface area contributed by atoms with Crippen molar-refractivity contribution >= 4 is 23.4 Å². The number of aromatic amines is 1. The predicted molar refractivity (Wildman–Crippen MR) is 96.6 cm³/mol. The second kappa shape index (κ2) is 6.39. The molecule has 0 aliphatic heterocycles. The lowest BCUT2D eigenvalue weighted by Crippen LogP contribution is -2.11. The molecule has 1 saturated carbocycles. The van der Waals surface area contributed by atoms with Crippen LogP contribution in [0.15, 0.2) is 36.5 Å². The van der Waals surface area contributed by atoms with Crippen molar-refractivity contribution in [2.45, 2.75) is 31.7 Å². The average molecular weight is 336 g/mol. The fourth-order valence-corrected chi connectivity index (χ4v) is 2.67. The highest BCUT2D eigenvalue weighted by Crippen LogP contribution is 2.39. The van der Waals surface area contributed by atoms with E-state index in [1.165, 1.54) is 12.8 Å². The van der Waals surface area contributed by atoms with Crippen LogP contribution in [0.25, 0.3) is 0 Å². The minimum atomic E-state index is -0.00444. The largest absolute Gasteiger partial charge is 0.368 e. The lowest BCUT2D eigenvalue weighted by atomic mass is 10.2. The smallest absolute Gasteiger partial charge is 0.223 e. The number of pyridine rings is 1. The first-order chi connectivity index (χ1) is 12.2. The quantitative estimate of drug-likeness (QED) is 0.546. The van der Waals surface area contributed by atoms with Crippen LogP contribution in [0.5, 0.6) is 0 Å². The molecule has 128 valence electrons. The van der Waals surface area contributed by atoms with Gasteiger partial charge < -0.3 is 16.4 Å². The zero-order valence-electron chi connectivity index (χ0n) is 13.9. The summed E-state index contributed by atoms with van der Waals surface area (Å²) in [5, 5.41) is 13.8. The molecule has 1 fully saturated rings. The molecule has 1 aliphatic rings. The molecular formula is C17H20N8. The van der Waals surface area contributed by atoms with E-state index >= 15 is 0 Å². The van der Waals surface area contributed by atoms with Crippen molar-refractivity contribution in [2.24, 2.45) is 0 Å². The monoisotopic (exact) mass is 336 g/mol. The molecule has 8 heteroatoms. The van der Waals surface area contributed by atoms with Crippen molar-refractivity contribution in [3.8, 4) is 0 Å². The molecule has 8 nitrogen and oxygen atoms in total. The van der Waals surface area contributed by atoms with Crippen LogP contribution in [-0.2, 0) is 0 Å². The summed E-state index contributed by atoms with van der Waals surface area (Å²) in [6.07, 6.45) is 4.22. The molecule has 0 saturated heterocycles. The summed E-state index contributed by atoms with van der Waals surface area (Å²) >= 11 is 0. The SMILES string of the molecule is CC(Nc1cc(Nc2cc(C3CC3)[nH]n2)nc(N)n1)c1ccccn1. The molecular weight excluding hydrogens is 316 g/mol. The summed E-state index contributed by atoms with van der Waals surface area (Å²) in [5.41, 5.74) is 7.93. The third-order valence-corrected chi connectivity index (χ3v) is 4.11. The zero-order valence-corrected chi connectivity index (χ0v) is 13.9. The molecule has 0 bridgehead atoms. The molecule has 0 radical (unpaired) electrons. The van der Waals surface area contributed by atoms with Crippen molar-refractivity contribution in [1.82, 2.24) is 25.1 Å². The lowest BCUT2D eigenvalue weighted by Gasteiger charge is -2.14. The van der Waals surface area contributed by atoms with Gasteiger partial charge in [0.05, 0.1) is 11.7 Å². The van der Waals surface area contributed by atoms with Crippen molar-refractivity contribution in [3.63, 3.8) is 0 Å². The van der Waals surface area contributed by atoms with Crippen LogP contribution >= 0.6 is 0 Å². The maximum absolute atomic E-state index is 5.84. The first kappa shape index (κ1) is 15.4. The summed E-state index contributed by atoms with van der Waals surface area (Å²) in [5.74, 6) is 2.76. The van der Waals surface area contributed by atoms with Gasteiger partial charge in [0.25, 0.3) is 0 Å². The van der Waals surface area contributed by atoms with Gasteiger partial charge in [-0.05, 0) is 31.9 Å². The maximum atomic E-state index is 5.84. The number of hydrogen-bond donors (Lipinski definition) is 4. The number of nitrogens with one attached hydrogen (secondary N) is 3. The van der Waals surface area contributed by atoms with Crippen LogP contribution in [0.2, 0.25) is 0 Å². The van der Waals surface area contributed by atoms with Gasteiger partial charge >= 0.3 is 0 Å². The summed E-state index contributed by atoms with van der Waals surface area (Å²) < 4.78 is 0. The van der Waals surface area contributed by atoms with Gasteiger partial charge in [-0.3, -0.25) is 10.1 Å². The number of H-pyrrole nitrogens is 1. The van der Waals surface area contributed by atoms with Gasteiger partial charge in [-0.2, -0.15) is 15.1 Å². The van der Waals surface area contributed by atoms with Gasteiger partial charge in [-0.15, -0.1) is 0 Å². The Hall–Kier alpha value is -3.16. The van der Waals surface area contributed by atoms with E-state index in [-0.39, 0.29) is 12.0 Å². The molecule has 3 aromatic heterocycles. The van der Waals surface area contributed by atoms with Gasteiger partial charge in [0.1, 0.15) is 11.6 Å². The second-order valence-electron chi connectivity index (χ2n) is 6.23. The van der Waals surface area contributed by atoms with Gasteiger partial charge in [0.2, 0.25) is 5.95 Å². The minimum absolute atomic E-state index is 0.00444. The van der Waals surface area contributed by atoms with Gasteiger partial charge in [-0.25, -0.2) is 0 Å². The summed E-state index contributed by atoms with van der Waals surface area (Å²) in [6, 6.07) is 9.62. The van der Waals surface area contributed by atoms with E-state index in [0.717, 1.165) is 17.2 Å². The van der Waals surface area contributed by atoms with Crippen LogP contribution in [0.4, 0.5) is 23.4 Å². The van der Waals surface area contributed by atoms with Crippen LogP contribution in [0.3, 0.4) is 0 Å². The summed E-state index contributed by atoms with van der Waals surface area (Å²) in [6.45, 7) is 2.02. The van der Waals surface area contributed by atoms with Crippen LogP contribution in [0.1, 0.15) is 43.1 Å². The number of nitrogens with two attached hydrogens (primary N) is 1. The molecule has 25 heavy (non-hydrogen) atoms. The average Bonchev–Trinajstić information content (AvgIpc) is 3.35. The second-order valence-corrected chi connectivity index (χ2v) is 6.23. The standard InChI is InChI=1S/C17H20N8/c1-10(12-4-2-3-7-19-12)20-14-9-15(23-17(18)22-14)21-16-8-13(24-25-16)11-5-6-11/h2-4,7-11H,5-6H2,1H3,(H5,18,20,21,22,23,24,25). The Bertz CT molecular complexity index is 856. The molecule has 0 spiro atoms. The van der Waals surface area contributed by atoms with Crippen molar-refractivity contribution in [1.29, 1.82) is 0 Å². The van der Waals surface area contributed by atoms with E-state index in [0.29, 0.717) is 17.6 Å². The molecule has 5 N–H and O–H groups in total. The third-order valence-electron chi connectivity index (χ3n) is 4.11. The number of rotatable bonds is 6. The van der Waals surface area contributed by atoms with E-state index < -0.39 is 0 Å². The Kier molecular flexibility index (Phi) is 3.93. The molecule has 3 heterocycles. The Morgan fingerprint density at radius 2 is 2.00 bits per heavy atom. The molecule has 1 atom stereocenters. The molecule has 3 aromatic rings. The molecule has 0 aromatic carbocycles. The lowest BCUT2D eigenvalue weighted by molar-refractivity contribution is 0.831. The van der Waals surface area contributed by atoms with Crippen LogP contribution in [0, 0.1) is 0 Å². The molecule has 4 rings (SSSR count). The van der Waals surface area contributed by atoms with E-state index in [2.05, 4.69) is 35.8 Å².